The molecule has 0 bridgehead atoms. The van der Waals surface area contributed by atoms with E-state index in [0.29, 0.717) is 28.9 Å². The Morgan fingerprint density at radius 2 is 2.00 bits per heavy atom. The largest absolute Gasteiger partial charge is 0.496 e. The number of furan rings is 1. The Labute approximate surface area is 109 Å². The minimum atomic E-state index is -0.453. The molecule has 0 saturated carbocycles. The van der Waals surface area contributed by atoms with Crippen LogP contribution in [0.4, 0.5) is 0 Å². The zero-order valence-electron chi connectivity index (χ0n) is 10.5. The van der Waals surface area contributed by atoms with E-state index < -0.39 is 5.97 Å². The predicted octanol–water partition coefficient (Wildman–Crippen LogP) is 2.55. The maximum Gasteiger partial charge on any atom is 0.337 e. The van der Waals surface area contributed by atoms with Gasteiger partial charge in [0.25, 0.3) is 0 Å². The van der Waals surface area contributed by atoms with Gasteiger partial charge in [0, 0.05) is 0 Å². The average Bonchev–Trinajstić information content (AvgIpc) is 2.94. The van der Waals surface area contributed by atoms with Gasteiger partial charge in [0.05, 0.1) is 25.3 Å². The monoisotopic (exact) mass is 260 g/mol. The number of carbonyl (C=O) groups excluding carboxylic acids is 2. The number of ether oxygens (including phenoxy) is 2. The van der Waals surface area contributed by atoms with Crippen LogP contribution in [0.1, 0.15) is 20.9 Å². The van der Waals surface area contributed by atoms with Gasteiger partial charge in [-0.3, -0.25) is 4.79 Å². The second-order valence-electron chi connectivity index (χ2n) is 3.73. The summed E-state index contributed by atoms with van der Waals surface area (Å²) in [4.78, 5) is 22.1. The summed E-state index contributed by atoms with van der Waals surface area (Å²) in [7, 11) is 2.82. The Morgan fingerprint density at radius 1 is 1.21 bits per heavy atom. The van der Waals surface area contributed by atoms with E-state index in [-0.39, 0.29) is 5.76 Å². The van der Waals surface area contributed by atoms with Crippen molar-refractivity contribution in [2.24, 2.45) is 0 Å². The third-order valence-corrected chi connectivity index (χ3v) is 2.63. The van der Waals surface area contributed by atoms with Crippen LogP contribution in [0.2, 0.25) is 0 Å². The van der Waals surface area contributed by atoms with Crippen molar-refractivity contribution >= 4 is 12.3 Å². The van der Waals surface area contributed by atoms with E-state index >= 15 is 0 Å². The number of rotatable bonds is 4. The fourth-order valence-corrected chi connectivity index (χ4v) is 1.71. The van der Waals surface area contributed by atoms with E-state index in [9.17, 15) is 9.59 Å². The van der Waals surface area contributed by atoms with Crippen LogP contribution in [0.3, 0.4) is 0 Å². The van der Waals surface area contributed by atoms with Crippen LogP contribution in [-0.2, 0) is 4.74 Å². The molecule has 0 atom stereocenters. The van der Waals surface area contributed by atoms with Crippen molar-refractivity contribution < 1.29 is 23.5 Å². The van der Waals surface area contributed by atoms with Gasteiger partial charge >= 0.3 is 5.97 Å². The topological polar surface area (TPSA) is 65.7 Å². The molecular formula is C14H12O5. The number of carbonyl (C=O) groups is 2. The number of hydrogen-bond acceptors (Lipinski definition) is 5. The van der Waals surface area contributed by atoms with Crippen molar-refractivity contribution in [2.45, 2.75) is 0 Å². The Kier molecular flexibility index (Phi) is 3.66. The molecule has 5 nitrogen and oxygen atoms in total. The van der Waals surface area contributed by atoms with Gasteiger partial charge in [0.15, 0.2) is 12.0 Å². The van der Waals surface area contributed by atoms with Gasteiger partial charge in [-0.2, -0.15) is 0 Å². The Morgan fingerprint density at radius 3 is 2.58 bits per heavy atom. The van der Waals surface area contributed by atoms with Gasteiger partial charge < -0.3 is 13.9 Å². The van der Waals surface area contributed by atoms with E-state index in [1.54, 1.807) is 30.3 Å². The van der Waals surface area contributed by atoms with Gasteiger partial charge in [0.1, 0.15) is 11.5 Å². The molecule has 0 saturated heterocycles. The molecule has 2 rings (SSSR count). The highest BCUT2D eigenvalue weighted by molar-refractivity contribution is 5.91. The Hall–Kier alpha value is -2.56. The zero-order chi connectivity index (χ0) is 13.8. The Balaban J connectivity index is 2.52. The van der Waals surface area contributed by atoms with E-state index in [1.807, 2.05) is 0 Å². The molecule has 0 aliphatic heterocycles. The minimum Gasteiger partial charge on any atom is -0.496 e. The van der Waals surface area contributed by atoms with Crippen molar-refractivity contribution in [2.75, 3.05) is 14.2 Å². The maximum atomic E-state index is 11.5. The molecule has 2 aromatic rings. The molecule has 0 amide bonds. The molecular weight excluding hydrogens is 248 g/mol. The van der Waals surface area contributed by atoms with E-state index in [0.717, 1.165) is 0 Å². The number of methoxy groups -OCH3 is 2. The van der Waals surface area contributed by atoms with Gasteiger partial charge in [0.2, 0.25) is 0 Å². The number of aldehydes is 1. The zero-order valence-corrected chi connectivity index (χ0v) is 10.5. The van der Waals surface area contributed by atoms with Gasteiger partial charge in [-0.15, -0.1) is 0 Å². The van der Waals surface area contributed by atoms with Crippen LogP contribution in [0.25, 0.3) is 11.3 Å². The highest BCUT2D eigenvalue weighted by Crippen LogP contribution is 2.32. The molecule has 1 heterocycles. The quantitative estimate of drug-likeness (QED) is 0.624. The SMILES string of the molecule is COC(=O)c1ccc(OC)c(-c2ccc(C=O)o2)c1. The van der Waals surface area contributed by atoms with E-state index in [4.69, 9.17) is 9.15 Å². The van der Waals surface area contributed by atoms with Gasteiger partial charge in [-0.25, -0.2) is 4.79 Å². The van der Waals surface area contributed by atoms with Crippen molar-refractivity contribution in [3.8, 4) is 17.1 Å². The first-order valence-electron chi connectivity index (χ1n) is 5.51. The first-order valence-corrected chi connectivity index (χ1v) is 5.51. The molecule has 0 spiro atoms. The van der Waals surface area contributed by atoms with Crippen molar-refractivity contribution in [1.29, 1.82) is 0 Å². The average molecular weight is 260 g/mol. The lowest BCUT2D eigenvalue weighted by molar-refractivity contribution is 0.0600. The van der Waals surface area contributed by atoms with Crippen molar-refractivity contribution in [3.63, 3.8) is 0 Å². The molecule has 0 radical (unpaired) electrons. The fraction of sp³-hybridized carbons (Fsp3) is 0.143. The summed E-state index contributed by atoms with van der Waals surface area (Å²) in [6.45, 7) is 0. The highest BCUT2D eigenvalue weighted by Gasteiger charge is 2.14. The molecule has 0 aliphatic rings. The molecule has 0 fully saturated rings. The summed E-state index contributed by atoms with van der Waals surface area (Å²) >= 11 is 0. The minimum absolute atomic E-state index is 0.209. The predicted molar refractivity (Wildman–Crippen MR) is 67.4 cm³/mol. The molecule has 19 heavy (non-hydrogen) atoms. The first kappa shape index (κ1) is 12.9. The summed E-state index contributed by atoms with van der Waals surface area (Å²) in [6.07, 6.45) is 0.611. The molecule has 5 heteroatoms. The maximum absolute atomic E-state index is 11.5. The van der Waals surface area contributed by atoms with Gasteiger partial charge in [-0.05, 0) is 30.3 Å². The fourth-order valence-electron chi connectivity index (χ4n) is 1.71. The summed E-state index contributed by atoms with van der Waals surface area (Å²) in [5.41, 5.74) is 0.959. The van der Waals surface area contributed by atoms with Gasteiger partial charge in [-0.1, -0.05) is 0 Å². The van der Waals surface area contributed by atoms with E-state index in [2.05, 4.69) is 4.74 Å². The van der Waals surface area contributed by atoms with Crippen molar-refractivity contribution in [1.82, 2.24) is 0 Å². The number of esters is 1. The summed E-state index contributed by atoms with van der Waals surface area (Å²) in [5.74, 6) is 0.746. The molecule has 0 aliphatic carbocycles. The number of benzene rings is 1. The summed E-state index contributed by atoms with van der Waals surface area (Å²) in [6, 6.07) is 8.02. The van der Waals surface area contributed by atoms with Crippen LogP contribution < -0.4 is 4.74 Å². The lowest BCUT2D eigenvalue weighted by Gasteiger charge is -2.08. The summed E-state index contributed by atoms with van der Waals surface area (Å²) < 4.78 is 15.2. The third-order valence-electron chi connectivity index (χ3n) is 2.63. The highest BCUT2D eigenvalue weighted by atomic mass is 16.5. The second-order valence-corrected chi connectivity index (χ2v) is 3.73. The molecule has 1 aromatic heterocycles. The van der Waals surface area contributed by atoms with Crippen molar-refractivity contribution in [3.05, 3.63) is 41.7 Å². The van der Waals surface area contributed by atoms with Crippen LogP contribution >= 0.6 is 0 Å². The van der Waals surface area contributed by atoms with Crippen LogP contribution in [-0.4, -0.2) is 26.5 Å². The standard InChI is InChI=1S/C14H12O5/c1-17-12-5-3-9(14(16)18-2)7-11(12)13-6-4-10(8-15)19-13/h3-8H,1-2H3. The van der Waals surface area contributed by atoms with E-state index in [1.165, 1.54) is 14.2 Å². The number of hydrogen-bond donors (Lipinski definition) is 0. The molecule has 98 valence electrons. The lowest BCUT2D eigenvalue weighted by atomic mass is 10.1. The third kappa shape index (κ3) is 2.49. The lowest BCUT2D eigenvalue weighted by Crippen LogP contribution is -2.01. The molecule has 0 N–H and O–H groups in total. The first-order chi connectivity index (χ1) is 9.19. The molecule has 0 unspecified atom stereocenters. The van der Waals surface area contributed by atoms with Crippen LogP contribution in [0.5, 0.6) is 5.75 Å². The van der Waals surface area contributed by atoms with Crippen LogP contribution in [0, 0.1) is 0 Å². The van der Waals surface area contributed by atoms with Crippen LogP contribution in [0.15, 0.2) is 34.7 Å². The second kappa shape index (κ2) is 5.39. The summed E-state index contributed by atoms with van der Waals surface area (Å²) in [5, 5.41) is 0. The normalized spacial score (nSPS) is 10.0. The Bertz CT molecular complexity index is 612. The molecule has 1 aromatic carbocycles. The smallest absolute Gasteiger partial charge is 0.337 e.